The highest BCUT2D eigenvalue weighted by molar-refractivity contribution is 7.97. The van der Waals surface area contributed by atoms with Crippen molar-refractivity contribution in [2.75, 3.05) is 5.75 Å². The SMILES string of the molecule is O=CC1CCCSN1. The summed E-state index contributed by atoms with van der Waals surface area (Å²) < 4.78 is 3.02. The number of aldehydes is 1. The average molecular weight is 131 g/mol. The zero-order chi connectivity index (χ0) is 5.82. The topological polar surface area (TPSA) is 29.1 Å². The molecule has 3 heteroatoms. The fourth-order valence-corrected chi connectivity index (χ4v) is 1.51. The summed E-state index contributed by atoms with van der Waals surface area (Å²) in [6.07, 6.45) is 3.16. The van der Waals surface area contributed by atoms with Crippen molar-refractivity contribution in [1.29, 1.82) is 0 Å². The second-order valence-corrected chi connectivity index (χ2v) is 2.78. The minimum Gasteiger partial charge on any atom is -0.302 e. The predicted molar refractivity (Wildman–Crippen MR) is 34.7 cm³/mol. The molecule has 0 saturated carbocycles. The molecule has 46 valence electrons. The van der Waals surface area contributed by atoms with Crippen molar-refractivity contribution in [3.63, 3.8) is 0 Å². The predicted octanol–water partition coefficient (Wildman–Crippen LogP) is 0.585. The molecule has 8 heavy (non-hydrogen) atoms. The highest BCUT2D eigenvalue weighted by Gasteiger charge is 2.09. The molecule has 0 aromatic heterocycles. The molecule has 0 aromatic carbocycles. The van der Waals surface area contributed by atoms with Crippen LogP contribution in [0.4, 0.5) is 0 Å². The third kappa shape index (κ3) is 1.49. The first-order chi connectivity index (χ1) is 3.93. The van der Waals surface area contributed by atoms with E-state index in [1.165, 1.54) is 6.42 Å². The van der Waals surface area contributed by atoms with Gasteiger partial charge in [-0.05, 0) is 12.8 Å². The summed E-state index contributed by atoms with van der Waals surface area (Å²) in [6, 6.07) is 0.119. The number of hydrogen-bond acceptors (Lipinski definition) is 3. The smallest absolute Gasteiger partial charge is 0.137 e. The van der Waals surface area contributed by atoms with Gasteiger partial charge in [-0.3, -0.25) is 4.72 Å². The number of carbonyl (C=O) groups excluding carboxylic acids is 1. The van der Waals surface area contributed by atoms with Gasteiger partial charge in [-0.2, -0.15) is 0 Å². The first-order valence-corrected chi connectivity index (χ1v) is 3.74. The van der Waals surface area contributed by atoms with E-state index in [0.29, 0.717) is 0 Å². The quantitative estimate of drug-likeness (QED) is 0.417. The van der Waals surface area contributed by atoms with Gasteiger partial charge in [0.25, 0.3) is 0 Å². The summed E-state index contributed by atoms with van der Waals surface area (Å²) in [5, 5.41) is 0. The molecule has 1 atom stereocenters. The van der Waals surface area contributed by atoms with Crippen LogP contribution in [0.25, 0.3) is 0 Å². The van der Waals surface area contributed by atoms with Gasteiger partial charge < -0.3 is 4.79 Å². The van der Waals surface area contributed by atoms with Gasteiger partial charge in [-0.25, -0.2) is 0 Å². The molecular formula is C5H9NOS. The number of carbonyl (C=O) groups is 1. The highest BCUT2D eigenvalue weighted by atomic mass is 32.2. The van der Waals surface area contributed by atoms with E-state index in [-0.39, 0.29) is 6.04 Å². The van der Waals surface area contributed by atoms with Crippen LogP contribution in [0.3, 0.4) is 0 Å². The van der Waals surface area contributed by atoms with Crippen molar-refractivity contribution < 1.29 is 4.79 Å². The van der Waals surface area contributed by atoms with Crippen molar-refractivity contribution >= 4 is 18.2 Å². The molecule has 1 heterocycles. The first-order valence-electron chi connectivity index (χ1n) is 2.76. The molecule has 0 bridgehead atoms. The van der Waals surface area contributed by atoms with Gasteiger partial charge in [-0.1, -0.05) is 11.9 Å². The summed E-state index contributed by atoms with van der Waals surface area (Å²) in [7, 11) is 0. The van der Waals surface area contributed by atoms with Crippen molar-refractivity contribution in [3.05, 3.63) is 0 Å². The van der Waals surface area contributed by atoms with E-state index in [1.54, 1.807) is 11.9 Å². The van der Waals surface area contributed by atoms with Gasteiger partial charge in [0.05, 0.1) is 6.04 Å². The first kappa shape index (κ1) is 6.11. The Morgan fingerprint density at radius 2 is 2.62 bits per heavy atom. The van der Waals surface area contributed by atoms with Gasteiger partial charge in [0.15, 0.2) is 0 Å². The number of rotatable bonds is 1. The van der Waals surface area contributed by atoms with Crippen LogP contribution in [0.2, 0.25) is 0 Å². The molecule has 0 spiro atoms. The number of hydrogen-bond donors (Lipinski definition) is 1. The summed E-state index contributed by atoms with van der Waals surface area (Å²) in [6.45, 7) is 0. The Bertz CT molecular complexity index is 80.5. The normalized spacial score (nSPS) is 29.8. The highest BCUT2D eigenvalue weighted by Crippen LogP contribution is 2.10. The molecule has 1 aliphatic heterocycles. The third-order valence-corrected chi connectivity index (χ3v) is 2.12. The standard InChI is InChI=1S/C5H9NOS/c7-4-5-2-1-3-8-6-5/h4-6H,1-3H2. The lowest BCUT2D eigenvalue weighted by Crippen LogP contribution is -2.28. The lowest BCUT2D eigenvalue weighted by molar-refractivity contribution is -0.109. The Hall–Kier alpha value is -0.0200. The Morgan fingerprint density at radius 1 is 1.75 bits per heavy atom. The van der Waals surface area contributed by atoms with Crippen LogP contribution < -0.4 is 4.72 Å². The van der Waals surface area contributed by atoms with E-state index in [4.69, 9.17) is 0 Å². The Morgan fingerprint density at radius 3 is 3.00 bits per heavy atom. The molecule has 1 unspecified atom stereocenters. The van der Waals surface area contributed by atoms with Gasteiger partial charge in [0.2, 0.25) is 0 Å². The van der Waals surface area contributed by atoms with Crippen molar-refractivity contribution in [2.24, 2.45) is 0 Å². The molecule has 0 radical (unpaired) electrons. The van der Waals surface area contributed by atoms with E-state index in [2.05, 4.69) is 4.72 Å². The largest absolute Gasteiger partial charge is 0.302 e. The maximum absolute atomic E-state index is 10.1. The van der Waals surface area contributed by atoms with Crippen LogP contribution in [0, 0.1) is 0 Å². The van der Waals surface area contributed by atoms with Crippen molar-refractivity contribution in [1.82, 2.24) is 4.72 Å². The van der Waals surface area contributed by atoms with E-state index >= 15 is 0 Å². The molecule has 1 fully saturated rings. The maximum Gasteiger partial charge on any atom is 0.137 e. The molecule has 0 aromatic rings. The maximum atomic E-state index is 10.1. The fourth-order valence-electron chi connectivity index (χ4n) is 0.696. The van der Waals surface area contributed by atoms with Crippen LogP contribution in [0.5, 0.6) is 0 Å². The molecule has 1 rings (SSSR count). The fraction of sp³-hybridized carbons (Fsp3) is 0.800. The minimum absolute atomic E-state index is 0.119. The van der Waals surface area contributed by atoms with E-state index < -0.39 is 0 Å². The summed E-state index contributed by atoms with van der Waals surface area (Å²) >= 11 is 1.65. The minimum atomic E-state index is 0.119. The Labute approximate surface area is 53.2 Å². The zero-order valence-corrected chi connectivity index (χ0v) is 5.41. The van der Waals surface area contributed by atoms with Crippen LogP contribution in [-0.2, 0) is 4.79 Å². The molecule has 2 nitrogen and oxygen atoms in total. The van der Waals surface area contributed by atoms with Crippen molar-refractivity contribution in [2.45, 2.75) is 18.9 Å². The molecule has 1 N–H and O–H groups in total. The summed E-state index contributed by atoms with van der Waals surface area (Å²) in [4.78, 5) is 10.1. The second kappa shape index (κ2) is 3.10. The van der Waals surface area contributed by atoms with Gasteiger partial charge in [-0.15, -0.1) is 0 Å². The average Bonchev–Trinajstić information content (AvgIpc) is 1.90. The third-order valence-electron chi connectivity index (χ3n) is 1.16. The summed E-state index contributed by atoms with van der Waals surface area (Å²) in [5.74, 6) is 1.14. The Balaban J connectivity index is 2.22. The Kier molecular flexibility index (Phi) is 2.36. The van der Waals surface area contributed by atoms with Gasteiger partial charge >= 0.3 is 0 Å². The van der Waals surface area contributed by atoms with Gasteiger partial charge in [0, 0.05) is 5.75 Å². The second-order valence-electron chi connectivity index (χ2n) is 1.85. The lowest BCUT2D eigenvalue weighted by atomic mass is 10.2. The summed E-state index contributed by atoms with van der Waals surface area (Å²) in [5.41, 5.74) is 0. The van der Waals surface area contributed by atoms with E-state index in [0.717, 1.165) is 18.5 Å². The van der Waals surface area contributed by atoms with Crippen molar-refractivity contribution in [3.8, 4) is 0 Å². The monoisotopic (exact) mass is 131 g/mol. The molecule has 0 aliphatic carbocycles. The molecule has 1 aliphatic rings. The zero-order valence-electron chi connectivity index (χ0n) is 4.59. The molecule has 1 saturated heterocycles. The van der Waals surface area contributed by atoms with E-state index in [9.17, 15) is 4.79 Å². The van der Waals surface area contributed by atoms with Crippen LogP contribution in [0.1, 0.15) is 12.8 Å². The van der Waals surface area contributed by atoms with Crippen LogP contribution >= 0.6 is 11.9 Å². The van der Waals surface area contributed by atoms with E-state index in [1.807, 2.05) is 0 Å². The lowest BCUT2D eigenvalue weighted by Gasteiger charge is -2.16. The molecular weight excluding hydrogens is 122 g/mol. The number of nitrogens with one attached hydrogen (secondary N) is 1. The van der Waals surface area contributed by atoms with Crippen LogP contribution in [-0.4, -0.2) is 18.1 Å². The van der Waals surface area contributed by atoms with Crippen LogP contribution in [0.15, 0.2) is 0 Å². The molecule has 0 amide bonds. The van der Waals surface area contributed by atoms with Gasteiger partial charge in [0.1, 0.15) is 6.29 Å².